The van der Waals surface area contributed by atoms with Crippen molar-refractivity contribution < 1.29 is 15.7 Å². The molecule has 1 fully saturated rings. The molecule has 0 bridgehead atoms. The third-order valence-corrected chi connectivity index (χ3v) is 4.65. The Hall–Kier alpha value is -1.59. The maximum Gasteiger partial charge on any atom is 0.131 e. The van der Waals surface area contributed by atoms with Gasteiger partial charge in [-0.25, -0.2) is 0 Å². The normalized spacial score (nSPS) is 22.1. The topological polar surface area (TPSA) is 75.5 Å². The Morgan fingerprint density at radius 3 is 2.36 bits per heavy atom. The number of benzene rings is 2. The van der Waals surface area contributed by atoms with Crippen molar-refractivity contribution in [3.63, 3.8) is 0 Å². The van der Waals surface area contributed by atoms with Gasteiger partial charge in [0.1, 0.15) is 11.5 Å². The van der Waals surface area contributed by atoms with E-state index in [9.17, 15) is 0 Å². The molecule has 0 amide bonds. The first-order valence-corrected chi connectivity index (χ1v) is 7.35. The Morgan fingerprint density at radius 1 is 0.955 bits per heavy atom. The van der Waals surface area contributed by atoms with Gasteiger partial charge in [0.2, 0.25) is 0 Å². The molecule has 4 nitrogen and oxygen atoms in total. The van der Waals surface area contributed by atoms with Crippen LogP contribution in [0, 0.1) is 0 Å². The summed E-state index contributed by atoms with van der Waals surface area (Å²) in [5, 5.41) is 0.784. The number of likely N-dealkylation sites (N-methyl/N-ethyl adjacent to an activating group) is 1. The summed E-state index contributed by atoms with van der Waals surface area (Å²) < 4.78 is 6.15. The Balaban J connectivity index is 0.000000882. The molecule has 4 rings (SSSR count). The van der Waals surface area contributed by atoms with E-state index >= 15 is 0 Å². The number of fused-ring (bicyclic) bond motifs is 5. The van der Waals surface area contributed by atoms with Crippen molar-refractivity contribution in [2.45, 2.75) is 11.8 Å². The quantitative estimate of drug-likeness (QED) is 0.748. The Morgan fingerprint density at radius 2 is 1.59 bits per heavy atom. The van der Waals surface area contributed by atoms with Crippen LogP contribution in [0.15, 0.2) is 42.5 Å². The van der Waals surface area contributed by atoms with E-state index in [-0.39, 0.29) is 11.0 Å². The first-order valence-electron chi connectivity index (χ1n) is 6.97. The Kier molecular flexibility index (Phi) is 4.78. The average Bonchev–Trinajstić information content (AvgIpc) is 2.78. The highest BCUT2D eigenvalue weighted by atomic mass is 35.5. The molecule has 2 aliphatic rings. The van der Waals surface area contributed by atoms with Crippen LogP contribution in [0.5, 0.6) is 11.5 Å². The van der Waals surface area contributed by atoms with Crippen molar-refractivity contribution in [1.29, 1.82) is 0 Å². The fraction of sp³-hybridized carbons (Fsp3) is 0.294. The van der Waals surface area contributed by atoms with Gasteiger partial charge in [0.25, 0.3) is 0 Å². The summed E-state index contributed by atoms with van der Waals surface area (Å²) in [4.78, 5) is 2.39. The predicted octanol–water partition coefficient (Wildman–Crippen LogP) is 2.61. The lowest BCUT2D eigenvalue weighted by Crippen LogP contribution is -2.14. The summed E-state index contributed by atoms with van der Waals surface area (Å²) in [7, 11) is 2.18. The van der Waals surface area contributed by atoms with Gasteiger partial charge in [0, 0.05) is 35.5 Å². The maximum atomic E-state index is 6.20. The average molecular weight is 322 g/mol. The molecule has 118 valence electrons. The molecular weight excluding hydrogens is 302 g/mol. The number of likely N-dealkylation sites (tertiary alicyclic amines) is 1. The minimum atomic E-state index is 0. The summed E-state index contributed by atoms with van der Waals surface area (Å²) in [5.74, 6) is 2.87. The van der Waals surface area contributed by atoms with Crippen molar-refractivity contribution in [3.8, 4) is 11.5 Å². The first-order chi connectivity index (χ1) is 9.72. The zero-order chi connectivity index (χ0) is 13.7. The van der Waals surface area contributed by atoms with E-state index < -0.39 is 0 Å². The molecule has 1 saturated heterocycles. The van der Waals surface area contributed by atoms with Gasteiger partial charge in [-0.1, -0.05) is 29.8 Å². The van der Waals surface area contributed by atoms with E-state index in [1.54, 1.807) is 0 Å². The number of rotatable bonds is 0. The number of halogens is 1. The molecule has 0 unspecified atom stereocenters. The summed E-state index contributed by atoms with van der Waals surface area (Å²) in [6.45, 7) is 2.12. The summed E-state index contributed by atoms with van der Waals surface area (Å²) >= 11 is 6.20. The van der Waals surface area contributed by atoms with Gasteiger partial charge in [-0.3, -0.25) is 0 Å². The van der Waals surface area contributed by atoms with Crippen LogP contribution < -0.4 is 4.74 Å². The van der Waals surface area contributed by atoms with E-state index in [0.29, 0.717) is 11.8 Å². The third-order valence-electron chi connectivity index (χ3n) is 4.41. The van der Waals surface area contributed by atoms with E-state index in [1.165, 1.54) is 11.1 Å². The van der Waals surface area contributed by atoms with Crippen LogP contribution in [-0.4, -0.2) is 36.0 Å². The molecule has 2 aliphatic heterocycles. The van der Waals surface area contributed by atoms with Gasteiger partial charge in [-0.15, -0.1) is 0 Å². The zero-order valence-corrected chi connectivity index (χ0v) is 13.1. The highest BCUT2D eigenvalue weighted by Crippen LogP contribution is 2.49. The lowest BCUT2D eigenvalue weighted by Gasteiger charge is -2.17. The Bertz CT molecular complexity index is 677. The largest absolute Gasteiger partial charge is 0.457 e. The fourth-order valence-corrected chi connectivity index (χ4v) is 3.71. The standard InChI is InChI=1S/C17H16ClNO.2H2O/c1-19-9-14-12-4-2-3-5-16(12)20-17-7-6-11(18)8-13(17)15(14)10-19;;/h2-8,14-15H,9-10H2,1H3;2*1H2/t14-,15-;;/m1../s1. The van der Waals surface area contributed by atoms with Crippen molar-refractivity contribution in [2.75, 3.05) is 20.1 Å². The van der Waals surface area contributed by atoms with E-state index in [1.807, 2.05) is 18.2 Å². The number of hydrogen-bond donors (Lipinski definition) is 0. The van der Waals surface area contributed by atoms with Gasteiger partial charge >= 0.3 is 0 Å². The van der Waals surface area contributed by atoms with Gasteiger partial charge in [0.05, 0.1) is 0 Å². The van der Waals surface area contributed by atoms with Crippen molar-refractivity contribution in [3.05, 3.63) is 58.6 Å². The van der Waals surface area contributed by atoms with Crippen LogP contribution in [-0.2, 0) is 0 Å². The van der Waals surface area contributed by atoms with Crippen LogP contribution in [0.25, 0.3) is 0 Å². The van der Waals surface area contributed by atoms with Crippen LogP contribution >= 0.6 is 11.6 Å². The molecule has 22 heavy (non-hydrogen) atoms. The van der Waals surface area contributed by atoms with Crippen molar-refractivity contribution >= 4 is 11.6 Å². The van der Waals surface area contributed by atoms with E-state index in [2.05, 4.69) is 36.2 Å². The van der Waals surface area contributed by atoms with Crippen LogP contribution in [0.4, 0.5) is 0 Å². The minimum absolute atomic E-state index is 0. The van der Waals surface area contributed by atoms with Gasteiger partial charge in [-0.05, 0) is 36.9 Å². The van der Waals surface area contributed by atoms with E-state index in [4.69, 9.17) is 16.3 Å². The molecule has 2 atom stereocenters. The molecule has 0 aromatic heterocycles. The summed E-state index contributed by atoms with van der Waals surface area (Å²) in [6, 6.07) is 14.4. The number of ether oxygens (including phenoxy) is 1. The fourth-order valence-electron chi connectivity index (χ4n) is 3.53. The van der Waals surface area contributed by atoms with Crippen LogP contribution in [0.1, 0.15) is 23.0 Å². The Labute approximate surface area is 134 Å². The second-order valence-electron chi connectivity index (χ2n) is 5.76. The smallest absolute Gasteiger partial charge is 0.131 e. The first kappa shape index (κ1) is 16.8. The maximum absolute atomic E-state index is 6.20. The zero-order valence-electron chi connectivity index (χ0n) is 12.3. The second-order valence-corrected chi connectivity index (χ2v) is 6.19. The van der Waals surface area contributed by atoms with Crippen molar-refractivity contribution in [2.24, 2.45) is 0 Å². The van der Waals surface area contributed by atoms with Gasteiger partial charge in [-0.2, -0.15) is 0 Å². The summed E-state index contributed by atoms with van der Waals surface area (Å²) in [6.07, 6.45) is 0. The lowest BCUT2D eigenvalue weighted by molar-refractivity contribution is 0.401. The highest BCUT2D eigenvalue weighted by Gasteiger charge is 2.38. The third kappa shape index (κ3) is 2.59. The molecule has 0 aliphatic carbocycles. The van der Waals surface area contributed by atoms with Crippen molar-refractivity contribution in [1.82, 2.24) is 4.90 Å². The van der Waals surface area contributed by atoms with Crippen LogP contribution in [0.2, 0.25) is 5.02 Å². The van der Waals surface area contributed by atoms with Gasteiger partial charge in [0.15, 0.2) is 0 Å². The predicted molar refractivity (Wildman–Crippen MR) is 88.2 cm³/mol. The molecule has 5 heteroatoms. The molecule has 0 spiro atoms. The molecular formula is C17H20ClNO3. The number of nitrogens with zero attached hydrogens (tertiary/aromatic N) is 1. The molecule has 2 heterocycles. The number of hydrogen-bond acceptors (Lipinski definition) is 2. The number of para-hydroxylation sites is 1. The minimum Gasteiger partial charge on any atom is -0.457 e. The highest BCUT2D eigenvalue weighted by molar-refractivity contribution is 6.30. The van der Waals surface area contributed by atoms with Gasteiger partial charge < -0.3 is 20.6 Å². The second kappa shape index (κ2) is 6.26. The molecule has 0 radical (unpaired) electrons. The van der Waals surface area contributed by atoms with Crippen LogP contribution in [0.3, 0.4) is 0 Å². The monoisotopic (exact) mass is 321 g/mol. The molecule has 2 aromatic carbocycles. The molecule has 4 N–H and O–H groups in total. The molecule has 0 saturated carbocycles. The summed E-state index contributed by atoms with van der Waals surface area (Å²) in [5.41, 5.74) is 2.55. The lowest BCUT2D eigenvalue weighted by atomic mass is 9.84. The van der Waals surface area contributed by atoms with E-state index in [0.717, 1.165) is 29.6 Å². The molecule has 2 aromatic rings. The SMILES string of the molecule is CN1C[C@@H]2c3ccccc3Oc3ccc(Cl)cc3[C@H]2C1.O.O.